The molecule has 0 aliphatic carbocycles. The van der Waals surface area contributed by atoms with E-state index in [1.807, 2.05) is 0 Å². The summed E-state index contributed by atoms with van der Waals surface area (Å²) in [6.07, 6.45) is -1.42. The fourth-order valence-corrected chi connectivity index (χ4v) is 8.71. The predicted octanol–water partition coefficient (Wildman–Crippen LogP) is 1.28. The molecule has 0 saturated carbocycles. The molecule has 0 radical (unpaired) electrons. The normalized spacial score (nSPS) is 13.5. The molecule has 0 bridgehead atoms. The van der Waals surface area contributed by atoms with Crippen molar-refractivity contribution in [2.45, 2.75) is 75.5 Å². The fourth-order valence-electron chi connectivity index (χ4n) is 1.75. The summed E-state index contributed by atoms with van der Waals surface area (Å²) in [5, 5.41) is 5.75. The number of nitrogens with one attached hydrogen (secondary N) is 2. The standard InChI is InChI=1S/C18H32N2O8Se2/c1-17(2,3)27-15(23)19-11(13(21)25-7)9-29-30-10-12(14(22)26-8)20-16(24)28-18(4,5)6/h11-12H,9-10H2,1-8H3,(H,19,23)(H,20,24)/t11-,12-/m0/s1/i29-2,30-2. The van der Waals surface area contributed by atoms with Gasteiger partial charge in [0, 0.05) is 0 Å². The van der Waals surface area contributed by atoms with E-state index in [0.29, 0.717) is 10.6 Å². The second-order valence-corrected chi connectivity index (χ2v) is 15.5. The first-order valence-corrected chi connectivity index (χ1v) is 15.8. The second-order valence-electron chi connectivity index (χ2n) is 8.01. The predicted molar refractivity (Wildman–Crippen MR) is 111 cm³/mol. The van der Waals surface area contributed by atoms with E-state index in [1.54, 1.807) is 41.5 Å². The Bertz CT molecular complexity index is 550. The van der Waals surface area contributed by atoms with Gasteiger partial charge in [-0.1, -0.05) is 0 Å². The summed E-state index contributed by atoms with van der Waals surface area (Å²) in [5.74, 6) is -1.15. The van der Waals surface area contributed by atoms with Crippen molar-refractivity contribution in [3.05, 3.63) is 0 Å². The molecule has 2 atom stereocenters. The fraction of sp³-hybridized carbons (Fsp3) is 0.778. The van der Waals surface area contributed by atoms with Gasteiger partial charge in [-0.25, -0.2) is 0 Å². The summed E-state index contributed by atoms with van der Waals surface area (Å²) in [6, 6.07) is -1.69. The summed E-state index contributed by atoms with van der Waals surface area (Å²) < 4.78 is 19.8. The Morgan fingerprint density at radius 3 is 1.23 bits per heavy atom. The van der Waals surface area contributed by atoms with Crippen molar-refractivity contribution < 1.29 is 38.1 Å². The number of hydrogen-bond donors (Lipinski definition) is 2. The van der Waals surface area contributed by atoms with Crippen LogP contribution in [0.4, 0.5) is 9.59 Å². The van der Waals surface area contributed by atoms with Gasteiger partial charge in [-0.2, -0.15) is 0 Å². The minimum atomic E-state index is -0.845. The zero-order valence-corrected chi connectivity index (χ0v) is 22.1. The Balaban J connectivity index is 4.74. The molecule has 0 unspecified atom stereocenters. The van der Waals surface area contributed by atoms with Gasteiger partial charge >= 0.3 is 189 Å². The molecule has 12 heteroatoms. The molecule has 0 aromatic heterocycles. The van der Waals surface area contributed by atoms with Gasteiger partial charge in [-0.05, 0) is 0 Å². The summed E-state index contributed by atoms with van der Waals surface area (Å²) in [5.41, 5.74) is -1.39. The van der Waals surface area contributed by atoms with Gasteiger partial charge in [-0.3, -0.25) is 0 Å². The Kier molecular flexibility index (Phi) is 12.4. The van der Waals surface area contributed by atoms with Crippen molar-refractivity contribution in [1.29, 1.82) is 0 Å². The number of ether oxygens (including phenoxy) is 4. The van der Waals surface area contributed by atoms with E-state index in [2.05, 4.69) is 10.6 Å². The van der Waals surface area contributed by atoms with Crippen LogP contribution in [0.2, 0.25) is 10.6 Å². The van der Waals surface area contributed by atoms with E-state index in [-0.39, 0.29) is 26.3 Å². The van der Waals surface area contributed by atoms with Crippen LogP contribution in [-0.4, -0.2) is 87.9 Å². The van der Waals surface area contributed by atoms with Crippen molar-refractivity contribution in [2.24, 2.45) is 0 Å². The summed E-state index contributed by atoms with van der Waals surface area (Å²) in [6.45, 7) is 10.3. The van der Waals surface area contributed by atoms with Crippen LogP contribution >= 0.6 is 0 Å². The molecule has 0 aromatic rings. The number of carbonyl (C=O) groups is 4. The molecule has 0 rings (SSSR count). The summed E-state index contributed by atoms with van der Waals surface area (Å²) >= 11 is -0.161. The van der Waals surface area contributed by atoms with E-state index in [4.69, 9.17) is 18.9 Å². The molecule has 0 aliphatic rings. The summed E-state index contributed by atoms with van der Waals surface area (Å²) in [4.78, 5) is 47.8. The zero-order valence-electron chi connectivity index (χ0n) is 18.7. The maximum atomic E-state index is 12.0. The van der Waals surface area contributed by atoms with Crippen LogP contribution < -0.4 is 10.6 Å². The van der Waals surface area contributed by atoms with Crippen LogP contribution in [0.1, 0.15) is 41.5 Å². The van der Waals surface area contributed by atoms with Crippen LogP contribution in [0.3, 0.4) is 0 Å². The van der Waals surface area contributed by atoms with E-state index >= 15 is 0 Å². The van der Waals surface area contributed by atoms with Gasteiger partial charge in [0.25, 0.3) is 0 Å². The third-order valence-electron chi connectivity index (χ3n) is 2.91. The first kappa shape index (κ1) is 28.5. The monoisotopic (exact) mass is 558 g/mol. The van der Waals surface area contributed by atoms with Crippen LogP contribution in [-0.2, 0) is 28.5 Å². The molecule has 0 aliphatic heterocycles. The molecule has 0 heterocycles. The number of amides is 2. The van der Waals surface area contributed by atoms with Gasteiger partial charge in [0.2, 0.25) is 0 Å². The van der Waals surface area contributed by atoms with Crippen LogP contribution in [0, 0.1) is 0 Å². The third-order valence-corrected chi connectivity index (χ3v) is 10.0. The molecular weight excluding hydrogens is 526 g/mol. The second kappa shape index (κ2) is 13.0. The van der Waals surface area contributed by atoms with Gasteiger partial charge in [0.1, 0.15) is 0 Å². The van der Waals surface area contributed by atoms with Crippen molar-refractivity contribution in [1.82, 2.24) is 10.6 Å². The van der Waals surface area contributed by atoms with Crippen molar-refractivity contribution in [3.8, 4) is 0 Å². The van der Waals surface area contributed by atoms with E-state index in [1.165, 1.54) is 14.2 Å². The molecule has 174 valence electrons. The van der Waals surface area contributed by atoms with Crippen LogP contribution in [0.5, 0.6) is 0 Å². The van der Waals surface area contributed by atoms with Crippen molar-refractivity contribution >= 4 is 50.4 Å². The van der Waals surface area contributed by atoms with Crippen LogP contribution in [0.15, 0.2) is 0 Å². The number of methoxy groups -OCH3 is 2. The van der Waals surface area contributed by atoms with E-state index in [9.17, 15) is 19.2 Å². The van der Waals surface area contributed by atoms with Gasteiger partial charge in [0.15, 0.2) is 0 Å². The number of esters is 2. The van der Waals surface area contributed by atoms with Gasteiger partial charge < -0.3 is 0 Å². The van der Waals surface area contributed by atoms with E-state index in [0.717, 1.165) is 0 Å². The topological polar surface area (TPSA) is 129 Å². The molecule has 10 nitrogen and oxygen atoms in total. The number of hydrogen-bond acceptors (Lipinski definition) is 8. The Labute approximate surface area is 188 Å². The average Bonchev–Trinajstić information content (AvgIpc) is 2.58. The Hall–Kier alpha value is -1.48. The molecule has 2 amide bonds. The molecule has 30 heavy (non-hydrogen) atoms. The minimum absolute atomic E-state index is 0.0806. The molecular formula is C18H32N2O8Se2. The quantitative estimate of drug-likeness (QED) is 0.188. The number of rotatable bonds is 9. The molecule has 0 saturated heterocycles. The third kappa shape index (κ3) is 13.7. The molecule has 0 fully saturated rings. The first-order valence-electron chi connectivity index (χ1n) is 9.07. The number of alkyl carbamates (subject to hydrolysis) is 2. The molecule has 0 aromatic carbocycles. The van der Waals surface area contributed by atoms with Crippen molar-refractivity contribution in [2.75, 3.05) is 14.2 Å². The van der Waals surface area contributed by atoms with Gasteiger partial charge in [-0.15, -0.1) is 0 Å². The van der Waals surface area contributed by atoms with E-state index < -0.39 is 47.4 Å². The Morgan fingerprint density at radius 1 is 0.700 bits per heavy atom. The van der Waals surface area contributed by atoms with Crippen molar-refractivity contribution in [3.63, 3.8) is 0 Å². The first-order chi connectivity index (χ1) is 13.7. The molecule has 2 N–H and O–H groups in total. The average molecular weight is 558 g/mol. The Morgan fingerprint density at radius 2 is 1.00 bits per heavy atom. The zero-order chi connectivity index (χ0) is 23.5. The SMILES string of the molecule is COC(=O)[C@H](C[77Se][77Se]C[C@H](NC(=O)OC(C)(C)C)C(=O)OC)NC(=O)OC(C)(C)C. The van der Waals surface area contributed by atoms with Gasteiger partial charge in [0.05, 0.1) is 0 Å². The summed E-state index contributed by atoms with van der Waals surface area (Å²) in [7, 11) is 2.48. The number of carbonyl (C=O) groups excluding carboxylic acids is 4. The van der Waals surface area contributed by atoms with Crippen LogP contribution in [0.25, 0.3) is 0 Å². The maximum absolute atomic E-state index is 12.0. The molecule has 0 spiro atoms.